The first kappa shape index (κ1) is 14.0. The second-order valence-electron chi connectivity index (χ2n) is 3.79. The zero-order chi connectivity index (χ0) is 13.5. The summed E-state index contributed by atoms with van der Waals surface area (Å²) in [6.45, 7) is 3.71. The molecule has 1 atom stereocenters. The predicted octanol–water partition coefficient (Wildman–Crippen LogP) is 2.82. The Labute approximate surface area is 106 Å². The van der Waals surface area contributed by atoms with Crippen LogP contribution in [0.3, 0.4) is 0 Å². The number of methoxy groups -OCH3 is 1. The molecule has 0 aromatic heterocycles. The van der Waals surface area contributed by atoms with E-state index in [4.69, 9.17) is 4.74 Å². The second kappa shape index (κ2) is 6.64. The highest BCUT2D eigenvalue weighted by molar-refractivity contribution is 5.99. The molecule has 5 heteroatoms. The van der Waals surface area contributed by atoms with Crippen molar-refractivity contribution in [2.24, 2.45) is 0 Å². The molecule has 0 bridgehead atoms. The van der Waals surface area contributed by atoms with Gasteiger partial charge in [0.2, 0.25) is 0 Å². The van der Waals surface area contributed by atoms with E-state index in [-0.39, 0.29) is 6.10 Å². The normalized spacial score (nSPS) is 11.5. The number of carbonyl (C=O) groups excluding carboxylic acids is 2. The summed E-state index contributed by atoms with van der Waals surface area (Å²) < 4.78 is 9.70. The van der Waals surface area contributed by atoms with Crippen LogP contribution < -0.4 is 5.32 Å². The molecule has 0 saturated heterocycles. The molecule has 0 aliphatic heterocycles. The lowest BCUT2D eigenvalue weighted by atomic mass is 10.2. The number of anilines is 1. The number of ether oxygens (including phenoxy) is 2. The van der Waals surface area contributed by atoms with Crippen LogP contribution in [-0.2, 0) is 9.47 Å². The van der Waals surface area contributed by atoms with Gasteiger partial charge in [-0.2, -0.15) is 0 Å². The van der Waals surface area contributed by atoms with Crippen LogP contribution >= 0.6 is 0 Å². The highest BCUT2D eigenvalue weighted by Gasteiger charge is 2.14. The summed E-state index contributed by atoms with van der Waals surface area (Å²) >= 11 is 0. The van der Waals surface area contributed by atoms with E-state index >= 15 is 0 Å². The molecule has 0 spiro atoms. The van der Waals surface area contributed by atoms with Gasteiger partial charge in [-0.3, -0.25) is 5.32 Å². The third-order valence-electron chi connectivity index (χ3n) is 2.45. The quantitative estimate of drug-likeness (QED) is 0.836. The van der Waals surface area contributed by atoms with Gasteiger partial charge in [-0.25, -0.2) is 9.59 Å². The lowest BCUT2D eigenvalue weighted by Gasteiger charge is -2.13. The van der Waals surface area contributed by atoms with Crippen molar-refractivity contribution in [1.82, 2.24) is 0 Å². The molecule has 1 amide bonds. The molecule has 0 aliphatic carbocycles. The number of hydrogen-bond donors (Lipinski definition) is 1. The smallest absolute Gasteiger partial charge is 0.411 e. The minimum Gasteiger partial charge on any atom is -0.465 e. The average molecular weight is 251 g/mol. The van der Waals surface area contributed by atoms with Crippen LogP contribution in [0.15, 0.2) is 24.3 Å². The van der Waals surface area contributed by atoms with E-state index in [0.717, 1.165) is 6.42 Å². The van der Waals surface area contributed by atoms with Crippen molar-refractivity contribution in [3.05, 3.63) is 29.8 Å². The van der Waals surface area contributed by atoms with Crippen LogP contribution in [0.2, 0.25) is 0 Å². The van der Waals surface area contributed by atoms with Gasteiger partial charge in [0.25, 0.3) is 0 Å². The molecule has 0 saturated carbocycles. The summed E-state index contributed by atoms with van der Waals surface area (Å²) in [7, 11) is 1.29. The average Bonchev–Trinajstić information content (AvgIpc) is 2.38. The molecule has 98 valence electrons. The molecular formula is C13H17NO4. The number of carbonyl (C=O) groups is 2. The molecule has 1 aromatic rings. The number of benzene rings is 1. The molecule has 1 unspecified atom stereocenters. The minimum absolute atomic E-state index is 0.171. The van der Waals surface area contributed by atoms with Crippen LogP contribution in [0.4, 0.5) is 10.5 Å². The molecular weight excluding hydrogens is 234 g/mol. The maximum absolute atomic E-state index is 11.6. The van der Waals surface area contributed by atoms with Gasteiger partial charge in [0.15, 0.2) is 0 Å². The first-order valence-corrected chi connectivity index (χ1v) is 5.73. The van der Waals surface area contributed by atoms with E-state index < -0.39 is 12.1 Å². The fraction of sp³-hybridized carbons (Fsp3) is 0.385. The van der Waals surface area contributed by atoms with Gasteiger partial charge in [0.05, 0.1) is 18.4 Å². The fourth-order valence-corrected chi connectivity index (χ4v) is 1.29. The van der Waals surface area contributed by atoms with Crippen molar-refractivity contribution in [3.8, 4) is 0 Å². The Morgan fingerprint density at radius 3 is 2.61 bits per heavy atom. The Kier molecular flexibility index (Phi) is 5.17. The Morgan fingerprint density at radius 1 is 1.33 bits per heavy atom. The summed E-state index contributed by atoms with van der Waals surface area (Å²) in [5, 5.41) is 2.53. The fourth-order valence-electron chi connectivity index (χ4n) is 1.29. The molecule has 0 radical (unpaired) electrons. The van der Waals surface area contributed by atoms with Gasteiger partial charge in [0.1, 0.15) is 6.10 Å². The zero-order valence-electron chi connectivity index (χ0n) is 10.7. The van der Waals surface area contributed by atoms with Gasteiger partial charge in [-0.1, -0.05) is 19.1 Å². The number of hydrogen-bond acceptors (Lipinski definition) is 4. The lowest BCUT2D eigenvalue weighted by Crippen LogP contribution is -2.21. The van der Waals surface area contributed by atoms with E-state index in [0.29, 0.717) is 11.3 Å². The summed E-state index contributed by atoms with van der Waals surface area (Å²) in [5.41, 5.74) is 0.666. The van der Waals surface area contributed by atoms with Gasteiger partial charge < -0.3 is 9.47 Å². The zero-order valence-corrected chi connectivity index (χ0v) is 10.7. The van der Waals surface area contributed by atoms with E-state index in [2.05, 4.69) is 10.1 Å². The molecule has 0 aliphatic rings. The van der Waals surface area contributed by atoms with Crippen molar-refractivity contribution < 1.29 is 19.1 Å². The first-order chi connectivity index (χ1) is 8.58. The molecule has 18 heavy (non-hydrogen) atoms. The van der Waals surface area contributed by atoms with Crippen molar-refractivity contribution >= 4 is 17.7 Å². The molecule has 5 nitrogen and oxygen atoms in total. The number of esters is 1. The van der Waals surface area contributed by atoms with E-state index in [1.807, 2.05) is 6.92 Å². The van der Waals surface area contributed by atoms with Crippen LogP contribution in [0.1, 0.15) is 30.6 Å². The second-order valence-corrected chi connectivity index (χ2v) is 3.79. The molecule has 1 N–H and O–H groups in total. The van der Waals surface area contributed by atoms with Gasteiger partial charge >= 0.3 is 12.1 Å². The maximum atomic E-state index is 11.6. The topological polar surface area (TPSA) is 64.6 Å². The Balaban J connectivity index is 2.78. The van der Waals surface area contributed by atoms with Gasteiger partial charge in [0, 0.05) is 0 Å². The first-order valence-electron chi connectivity index (χ1n) is 5.73. The lowest BCUT2D eigenvalue weighted by molar-refractivity contribution is 0.0602. The third kappa shape index (κ3) is 3.76. The monoisotopic (exact) mass is 251 g/mol. The summed E-state index contributed by atoms with van der Waals surface area (Å²) in [4.78, 5) is 23.0. The number of para-hydroxylation sites is 1. The third-order valence-corrected chi connectivity index (χ3v) is 2.45. The van der Waals surface area contributed by atoms with Crippen LogP contribution in [0.25, 0.3) is 0 Å². The van der Waals surface area contributed by atoms with Gasteiger partial charge in [-0.05, 0) is 25.5 Å². The van der Waals surface area contributed by atoms with Gasteiger partial charge in [-0.15, -0.1) is 0 Å². The van der Waals surface area contributed by atoms with Crippen molar-refractivity contribution in [2.45, 2.75) is 26.4 Å². The van der Waals surface area contributed by atoms with E-state index in [9.17, 15) is 9.59 Å². The summed E-state index contributed by atoms with van der Waals surface area (Å²) in [5.74, 6) is -0.505. The van der Waals surface area contributed by atoms with E-state index in [1.54, 1.807) is 31.2 Å². The Hall–Kier alpha value is -2.04. The summed E-state index contributed by atoms with van der Waals surface area (Å²) in [6, 6.07) is 6.59. The van der Waals surface area contributed by atoms with Crippen LogP contribution in [0.5, 0.6) is 0 Å². The molecule has 0 fully saturated rings. The highest BCUT2D eigenvalue weighted by Crippen LogP contribution is 2.16. The Bertz CT molecular complexity index is 431. The predicted molar refractivity (Wildman–Crippen MR) is 67.6 cm³/mol. The van der Waals surface area contributed by atoms with Crippen molar-refractivity contribution in [1.29, 1.82) is 0 Å². The van der Waals surface area contributed by atoms with Crippen LogP contribution in [-0.4, -0.2) is 25.3 Å². The van der Waals surface area contributed by atoms with Crippen LogP contribution in [0, 0.1) is 0 Å². The number of amides is 1. The highest BCUT2D eigenvalue weighted by atomic mass is 16.6. The Morgan fingerprint density at radius 2 is 2.00 bits per heavy atom. The minimum atomic E-state index is -0.583. The largest absolute Gasteiger partial charge is 0.465 e. The standard InChI is InChI=1S/C13H17NO4/c1-4-9(2)18-13(16)14-11-8-6-5-7-10(11)12(15)17-3/h5-9H,4H2,1-3H3,(H,14,16). The van der Waals surface area contributed by atoms with Crippen molar-refractivity contribution in [3.63, 3.8) is 0 Å². The van der Waals surface area contributed by atoms with E-state index in [1.165, 1.54) is 7.11 Å². The molecule has 0 heterocycles. The number of nitrogens with one attached hydrogen (secondary N) is 1. The molecule has 1 aromatic carbocycles. The SMILES string of the molecule is CCC(C)OC(=O)Nc1ccccc1C(=O)OC. The maximum Gasteiger partial charge on any atom is 0.411 e. The summed E-state index contributed by atoms with van der Waals surface area (Å²) in [6.07, 6.45) is -0.0255. The number of rotatable bonds is 4. The molecule has 1 rings (SSSR count). The van der Waals surface area contributed by atoms with Crippen molar-refractivity contribution in [2.75, 3.05) is 12.4 Å².